The Morgan fingerprint density at radius 2 is 2.00 bits per heavy atom. The number of halogens is 2. The molecule has 0 unspecified atom stereocenters. The normalized spacial score (nSPS) is 10.8. The molecule has 7 heteroatoms. The van der Waals surface area contributed by atoms with Gasteiger partial charge < -0.3 is 9.73 Å². The van der Waals surface area contributed by atoms with Crippen molar-refractivity contribution in [2.24, 2.45) is 0 Å². The highest BCUT2D eigenvalue weighted by atomic mass is 35.5. The number of aromatic nitrogens is 1. The number of carbonyl (C=O) groups excluding carboxylic acids is 1. The summed E-state index contributed by atoms with van der Waals surface area (Å²) >= 11 is 13.1. The summed E-state index contributed by atoms with van der Waals surface area (Å²) in [4.78, 5) is 16.3. The first-order chi connectivity index (χ1) is 10.6. The van der Waals surface area contributed by atoms with E-state index in [1.807, 2.05) is 24.3 Å². The molecular formula is C15H10Cl2N2O2S. The van der Waals surface area contributed by atoms with Crippen LogP contribution in [0.3, 0.4) is 0 Å². The lowest BCUT2D eigenvalue weighted by Crippen LogP contribution is -2.14. The number of nitrogens with one attached hydrogen (secondary N) is 1. The molecule has 0 aliphatic rings. The van der Waals surface area contributed by atoms with Gasteiger partial charge >= 0.3 is 0 Å². The molecule has 0 aliphatic heterocycles. The first kappa shape index (κ1) is 15.2. The third kappa shape index (κ3) is 3.38. The fraction of sp³-hybridized carbons (Fsp3) is 0.0667. The van der Waals surface area contributed by atoms with E-state index in [1.165, 1.54) is 11.8 Å². The molecule has 2 aromatic carbocycles. The molecule has 0 bridgehead atoms. The molecule has 0 aliphatic carbocycles. The van der Waals surface area contributed by atoms with E-state index in [1.54, 1.807) is 18.2 Å². The lowest BCUT2D eigenvalue weighted by atomic mass is 10.3. The number of anilines is 1. The maximum atomic E-state index is 12.0. The third-order valence-corrected chi connectivity index (χ3v) is 4.47. The number of thioether (sulfide) groups is 1. The number of rotatable bonds is 4. The molecule has 112 valence electrons. The van der Waals surface area contributed by atoms with E-state index in [0.717, 1.165) is 5.52 Å². The molecule has 4 nitrogen and oxygen atoms in total. The summed E-state index contributed by atoms with van der Waals surface area (Å²) in [6.07, 6.45) is 0. The number of nitrogens with zero attached hydrogens (tertiary/aromatic N) is 1. The summed E-state index contributed by atoms with van der Waals surface area (Å²) in [7, 11) is 0. The van der Waals surface area contributed by atoms with Gasteiger partial charge in [-0.25, -0.2) is 4.98 Å². The molecule has 1 amide bonds. The van der Waals surface area contributed by atoms with Crippen molar-refractivity contribution in [3.8, 4) is 0 Å². The predicted molar refractivity (Wildman–Crippen MR) is 89.8 cm³/mol. The third-order valence-electron chi connectivity index (χ3n) is 2.83. The highest BCUT2D eigenvalue weighted by Crippen LogP contribution is 2.30. The highest BCUT2D eigenvalue weighted by Gasteiger charge is 2.11. The van der Waals surface area contributed by atoms with Crippen LogP contribution in [0.5, 0.6) is 0 Å². The Balaban J connectivity index is 1.63. The Morgan fingerprint density at radius 1 is 1.18 bits per heavy atom. The molecule has 22 heavy (non-hydrogen) atoms. The van der Waals surface area contributed by atoms with Crippen molar-refractivity contribution in [3.63, 3.8) is 0 Å². The Morgan fingerprint density at radius 3 is 2.82 bits per heavy atom. The minimum atomic E-state index is -0.212. The molecule has 3 rings (SSSR count). The van der Waals surface area contributed by atoms with Crippen LogP contribution in [0.2, 0.25) is 10.0 Å². The number of benzene rings is 2. The highest BCUT2D eigenvalue weighted by molar-refractivity contribution is 7.99. The van der Waals surface area contributed by atoms with Gasteiger partial charge in [0.05, 0.1) is 21.5 Å². The SMILES string of the molecule is O=C(CSc1nc2ccccc2o1)Nc1cccc(Cl)c1Cl. The quantitative estimate of drug-likeness (QED) is 0.680. The number of oxazole rings is 1. The number of carbonyl (C=O) groups is 1. The molecule has 0 saturated heterocycles. The summed E-state index contributed by atoms with van der Waals surface area (Å²) in [5.41, 5.74) is 1.95. The van der Waals surface area contributed by atoms with E-state index in [4.69, 9.17) is 27.6 Å². The van der Waals surface area contributed by atoms with Crippen molar-refractivity contribution in [2.75, 3.05) is 11.1 Å². The molecule has 0 fully saturated rings. The standard InChI is InChI=1S/C15H10Cl2N2O2S/c16-9-4-3-6-11(14(9)17)18-13(20)8-22-15-19-10-5-1-2-7-12(10)21-15/h1-7H,8H2,(H,18,20). The van der Waals surface area contributed by atoms with Gasteiger partial charge in [-0.1, -0.05) is 53.2 Å². The molecule has 1 heterocycles. The Bertz CT molecular complexity index is 802. The monoisotopic (exact) mass is 352 g/mol. The van der Waals surface area contributed by atoms with Crippen LogP contribution in [0, 0.1) is 0 Å². The Labute approximate surface area is 140 Å². The second kappa shape index (κ2) is 6.60. The van der Waals surface area contributed by atoms with Crippen molar-refractivity contribution < 1.29 is 9.21 Å². The van der Waals surface area contributed by atoms with E-state index in [9.17, 15) is 4.79 Å². The fourth-order valence-electron chi connectivity index (χ4n) is 1.83. The van der Waals surface area contributed by atoms with Gasteiger partial charge in [-0.2, -0.15) is 0 Å². The Hall–Kier alpha value is -1.69. The summed E-state index contributed by atoms with van der Waals surface area (Å²) in [6.45, 7) is 0. The zero-order valence-electron chi connectivity index (χ0n) is 11.2. The summed E-state index contributed by atoms with van der Waals surface area (Å²) in [5.74, 6) is -0.0493. The van der Waals surface area contributed by atoms with Gasteiger partial charge in [-0.3, -0.25) is 4.79 Å². The van der Waals surface area contributed by atoms with E-state index < -0.39 is 0 Å². The minimum absolute atomic E-state index is 0.162. The van der Waals surface area contributed by atoms with Crippen LogP contribution in [-0.4, -0.2) is 16.6 Å². The Kier molecular flexibility index (Phi) is 4.57. The van der Waals surface area contributed by atoms with E-state index in [0.29, 0.717) is 26.5 Å². The largest absolute Gasteiger partial charge is 0.431 e. The van der Waals surface area contributed by atoms with Crippen LogP contribution < -0.4 is 5.32 Å². The first-order valence-corrected chi connectivity index (χ1v) is 8.10. The number of hydrogen-bond donors (Lipinski definition) is 1. The van der Waals surface area contributed by atoms with E-state index in [-0.39, 0.29) is 11.7 Å². The zero-order valence-corrected chi connectivity index (χ0v) is 13.5. The molecular weight excluding hydrogens is 343 g/mol. The second-order valence-corrected chi connectivity index (χ2v) is 6.10. The van der Waals surface area contributed by atoms with Crippen LogP contribution in [0.25, 0.3) is 11.1 Å². The van der Waals surface area contributed by atoms with Crippen LogP contribution in [0.1, 0.15) is 0 Å². The second-order valence-electron chi connectivity index (χ2n) is 4.39. The van der Waals surface area contributed by atoms with Crippen molar-refractivity contribution in [2.45, 2.75) is 5.22 Å². The van der Waals surface area contributed by atoms with Gasteiger partial charge in [-0.05, 0) is 24.3 Å². The van der Waals surface area contributed by atoms with Gasteiger partial charge in [0.15, 0.2) is 5.58 Å². The predicted octanol–water partition coefficient (Wildman–Crippen LogP) is 4.87. The van der Waals surface area contributed by atoms with E-state index >= 15 is 0 Å². The average Bonchev–Trinajstić information content (AvgIpc) is 2.93. The van der Waals surface area contributed by atoms with Crippen LogP contribution in [-0.2, 0) is 4.79 Å². The maximum absolute atomic E-state index is 12.0. The number of amides is 1. The van der Waals surface area contributed by atoms with Gasteiger partial charge in [0.25, 0.3) is 5.22 Å². The summed E-state index contributed by atoms with van der Waals surface area (Å²) in [5, 5.41) is 3.88. The van der Waals surface area contributed by atoms with Crippen LogP contribution >= 0.6 is 35.0 Å². The lowest BCUT2D eigenvalue weighted by Gasteiger charge is -2.07. The molecule has 3 aromatic rings. The molecule has 0 atom stereocenters. The van der Waals surface area contributed by atoms with Crippen molar-refractivity contribution in [1.29, 1.82) is 0 Å². The maximum Gasteiger partial charge on any atom is 0.257 e. The lowest BCUT2D eigenvalue weighted by molar-refractivity contribution is -0.113. The number of para-hydroxylation sites is 2. The molecule has 0 spiro atoms. The molecule has 0 radical (unpaired) electrons. The van der Waals surface area contributed by atoms with Gasteiger partial charge in [0, 0.05) is 0 Å². The summed E-state index contributed by atoms with van der Waals surface area (Å²) in [6, 6.07) is 12.5. The number of fused-ring (bicyclic) bond motifs is 1. The van der Waals surface area contributed by atoms with Gasteiger partial charge in [-0.15, -0.1) is 0 Å². The van der Waals surface area contributed by atoms with Crippen molar-refractivity contribution >= 4 is 57.7 Å². The molecule has 1 aromatic heterocycles. The van der Waals surface area contributed by atoms with Gasteiger partial charge in [0.1, 0.15) is 5.52 Å². The smallest absolute Gasteiger partial charge is 0.257 e. The van der Waals surface area contributed by atoms with Gasteiger partial charge in [0.2, 0.25) is 5.91 Å². The van der Waals surface area contributed by atoms with Crippen molar-refractivity contribution in [1.82, 2.24) is 4.98 Å². The van der Waals surface area contributed by atoms with Crippen LogP contribution in [0.15, 0.2) is 52.1 Å². The van der Waals surface area contributed by atoms with Crippen molar-refractivity contribution in [3.05, 3.63) is 52.5 Å². The first-order valence-electron chi connectivity index (χ1n) is 6.36. The minimum Gasteiger partial charge on any atom is -0.431 e. The molecule has 0 saturated carbocycles. The average molecular weight is 353 g/mol. The fourth-order valence-corrected chi connectivity index (χ4v) is 2.81. The van der Waals surface area contributed by atoms with Crippen LogP contribution in [0.4, 0.5) is 5.69 Å². The topological polar surface area (TPSA) is 55.1 Å². The van der Waals surface area contributed by atoms with E-state index in [2.05, 4.69) is 10.3 Å². The molecule has 1 N–H and O–H groups in total. The zero-order chi connectivity index (χ0) is 15.5. The number of hydrogen-bond acceptors (Lipinski definition) is 4. The summed E-state index contributed by atoms with van der Waals surface area (Å²) < 4.78 is 5.54.